The number of Topliss-reactive ketones (excluding diaryl/α,β-unsaturated/α-hetero) is 1. The van der Waals surface area contributed by atoms with E-state index in [9.17, 15) is 14.7 Å². The lowest BCUT2D eigenvalue weighted by molar-refractivity contribution is -0.130. The molecule has 0 saturated carbocycles. The number of hydrogen-bond acceptors (Lipinski definition) is 8. The van der Waals surface area contributed by atoms with Crippen molar-refractivity contribution in [3.8, 4) is 17.2 Å². The van der Waals surface area contributed by atoms with E-state index in [0.29, 0.717) is 45.0 Å². The summed E-state index contributed by atoms with van der Waals surface area (Å²) in [6, 6.07) is 17.0. The van der Waals surface area contributed by atoms with Gasteiger partial charge in [-0.1, -0.05) is 24.3 Å². The maximum Gasteiger partial charge on any atom is 0.336 e. The predicted molar refractivity (Wildman–Crippen MR) is 126 cm³/mol. The number of aromatic nitrogens is 2. The number of hydrogen-bond donors (Lipinski definition) is 1. The van der Waals surface area contributed by atoms with Crippen LogP contribution in [0.5, 0.6) is 17.2 Å². The number of ketones is 1. The van der Waals surface area contributed by atoms with Crippen molar-refractivity contribution in [1.29, 1.82) is 0 Å². The lowest BCUT2D eigenvalue weighted by Crippen LogP contribution is -2.14. The van der Waals surface area contributed by atoms with Crippen LogP contribution in [0, 0.1) is 0 Å². The first-order valence-electron chi connectivity index (χ1n) is 10.3. The molecule has 4 aromatic rings. The van der Waals surface area contributed by atoms with Crippen molar-refractivity contribution < 1.29 is 28.9 Å². The Kier molecular flexibility index (Phi) is 5.69. The fourth-order valence-electron chi connectivity index (χ4n) is 3.90. The van der Waals surface area contributed by atoms with Gasteiger partial charge >= 0.3 is 5.97 Å². The molecule has 2 heterocycles. The largest absolute Gasteiger partial charge is 0.496 e. The van der Waals surface area contributed by atoms with Gasteiger partial charge in [-0.25, -0.2) is 4.79 Å². The molecule has 0 atom stereocenters. The monoisotopic (exact) mass is 474 g/mol. The second kappa shape index (κ2) is 8.95. The van der Waals surface area contributed by atoms with E-state index in [1.807, 2.05) is 12.1 Å². The lowest BCUT2D eigenvalue weighted by atomic mass is 9.89. The maximum atomic E-state index is 13.8. The fourth-order valence-corrected chi connectivity index (χ4v) is 4.42. The number of carbonyl (C=O) groups is 2. The van der Waals surface area contributed by atoms with E-state index in [4.69, 9.17) is 14.2 Å². The van der Waals surface area contributed by atoms with E-state index in [1.165, 1.54) is 7.11 Å². The van der Waals surface area contributed by atoms with Gasteiger partial charge in [0.1, 0.15) is 16.8 Å². The van der Waals surface area contributed by atoms with Crippen molar-refractivity contribution >= 4 is 40.1 Å². The highest BCUT2D eigenvalue weighted by Gasteiger charge is 2.26. The number of allylic oxidation sites excluding steroid dienone is 1. The normalized spacial score (nSPS) is 13.0. The number of benzene rings is 3. The molecular weight excluding hydrogens is 456 g/mol. The van der Waals surface area contributed by atoms with Crippen LogP contribution in [0.2, 0.25) is 0 Å². The molecule has 34 heavy (non-hydrogen) atoms. The summed E-state index contributed by atoms with van der Waals surface area (Å²) >= 11 is 1.04. The molecule has 1 aromatic heterocycles. The highest BCUT2D eigenvalue weighted by molar-refractivity contribution is 7.00. The van der Waals surface area contributed by atoms with Crippen LogP contribution >= 0.6 is 11.7 Å². The number of para-hydroxylation sites is 1. The van der Waals surface area contributed by atoms with Crippen LogP contribution in [0.3, 0.4) is 0 Å². The number of carbonyl (C=O) groups excluding carboxylic acids is 1. The highest BCUT2D eigenvalue weighted by Crippen LogP contribution is 2.35. The van der Waals surface area contributed by atoms with Crippen molar-refractivity contribution in [2.75, 3.05) is 13.9 Å². The summed E-state index contributed by atoms with van der Waals surface area (Å²) < 4.78 is 24.6. The number of nitrogens with zero attached hydrogens (tertiary/aromatic N) is 2. The number of fused-ring (bicyclic) bond motifs is 2. The number of carboxylic acids is 1. The van der Waals surface area contributed by atoms with E-state index < -0.39 is 11.8 Å². The van der Waals surface area contributed by atoms with Gasteiger partial charge in [0.2, 0.25) is 6.79 Å². The molecule has 1 N–H and O–H groups in total. The average molecular weight is 474 g/mol. The number of methoxy groups -OCH3 is 1. The molecule has 1 aliphatic heterocycles. The highest BCUT2D eigenvalue weighted by atomic mass is 32.1. The summed E-state index contributed by atoms with van der Waals surface area (Å²) in [5.41, 5.74) is 2.57. The van der Waals surface area contributed by atoms with Crippen molar-refractivity contribution in [3.63, 3.8) is 0 Å². The molecule has 0 saturated heterocycles. The zero-order chi connectivity index (χ0) is 23.7. The molecule has 170 valence electrons. The summed E-state index contributed by atoms with van der Waals surface area (Å²) in [6.07, 6.45) is 0.0479. The molecule has 3 aromatic carbocycles. The number of rotatable bonds is 7. The molecule has 1 aliphatic rings. The second-order valence-corrected chi connectivity index (χ2v) is 8.04. The third kappa shape index (κ3) is 3.97. The fraction of sp³-hybridized carbons (Fsp3) is 0.120. The van der Waals surface area contributed by atoms with Gasteiger partial charge in [0.25, 0.3) is 0 Å². The number of carboxylic acid groups (broad SMARTS) is 1. The quantitative estimate of drug-likeness (QED) is 0.310. The van der Waals surface area contributed by atoms with Gasteiger partial charge < -0.3 is 19.3 Å². The first kappa shape index (κ1) is 21.6. The first-order chi connectivity index (χ1) is 16.5. The molecule has 0 amide bonds. The summed E-state index contributed by atoms with van der Waals surface area (Å²) in [6.45, 7) is 0.0684. The summed E-state index contributed by atoms with van der Waals surface area (Å²) in [4.78, 5) is 26.4. The molecule has 8 nitrogen and oxygen atoms in total. The summed E-state index contributed by atoms with van der Waals surface area (Å²) in [5, 5.41) is 10.3. The summed E-state index contributed by atoms with van der Waals surface area (Å²) in [7, 11) is 1.53. The van der Waals surface area contributed by atoms with E-state index in [0.717, 1.165) is 11.7 Å². The minimum Gasteiger partial charge on any atom is -0.496 e. The molecule has 0 bridgehead atoms. The van der Waals surface area contributed by atoms with Gasteiger partial charge in [0.05, 0.1) is 24.4 Å². The van der Waals surface area contributed by atoms with Crippen LogP contribution < -0.4 is 14.2 Å². The van der Waals surface area contributed by atoms with Crippen LogP contribution in [0.1, 0.15) is 21.5 Å². The van der Waals surface area contributed by atoms with Crippen molar-refractivity contribution in [2.45, 2.75) is 6.42 Å². The van der Waals surface area contributed by atoms with Crippen LogP contribution in [-0.4, -0.2) is 39.5 Å². The van der Waals surface area contributed by atoms with E-state index in [2.05, 4.69) is 8.75 Å². The molecule has 0 spiro atoms. The first-order valence-corrected chi connectivity index (χ1v) is 11.0. The van der Waals surface area contributed by atoms with Crippen LogP contribution in [0.15, 0.2) is 66.2 Å². The molecule has 0 fully saturated rings. The van der Waals surface area contributed by atoms with E-state index in [1.54, 1.807) is 48.5 Å². The van der Waals surface area contributed by atoms with Gasteiger partial charge in [-0.15, -0.1) is 0 Å². The summed E-state index contributed by atoms with van der Waals surface area (Å²) in [5.74, 6) is -0.122. The number of aliphatic carboxylic acids is 1. The smallest absolute Gasteiger partial charge is 0.336 e. The van der Waals surface area contributed by atoms with E-state index >= 15 is 0 Å². The Bertz CT molecular complexity index is 1460. The Hall–Kier alpha value is -4.24. The third-order valence-electron chi connectivity index (χ3n) is 5.53. The van der Waals surface area contributed by atoms with Gasteiger partial charge in [-0.2, -0.15) is 8.75 Å². The third-order valence-corrected chi connectivity index (χ3v) is 6.08. The van der Waals surface area contributed by atoms with Crippen molar-refractivity contribution in [1.82, 2.24) is 8.75 Å². The maximum absolute atomic E-state index is 13.8. The topological polar surface area (TPSA) is 108 Å². The Balaban J connectivity index is 1.70. The average Bonchev–Trinajstić information content (AvgIpc) is 3.51. The minimum absolute atomic E-state index is 0.0479. The Morgan fingerprint density at radius 3 is 2.56 bits per heavy atom. The molecule has 0 unspecified atom stereocenters. The molecule has 0 aliphatic carbocycles. The van der Waals surface area contributed by atoms with Crippen molar-refractivity contribution in [2.24, 2.45) is 0 Å². The zero-order valence-corrected chi connectivity index (χ0v) is 18.8. The zero-order valence-electron chi connectivity index (χ0n) is 18.0. The molecule has 0 radical (unpaired) electrons. The molecule has 9 heteroatoms. The van der Waals surface area contributed by atoms with Gasteiger partial charge in [0, 0.05) is 17.6 Å². The Morgan fingerprint density at radius 1 is 0.971 bits per heavy atom. The second-order valence-electron chi connectivity index (χ2n) is 7.51. The van der Waals surface area contributed by atoms with Gasteiger partial charge in [-0.3, -0.25) is 4.79 Å². The lowest BCUT2D eigenvalue weighted by Gasteiger charge is -2.15. The van der Waals surface area contributed by atoms with Crippen LogP contribution in [-0.2, 0) is 11.2 Å². The van der Waals surface area contributed by atoms with Crippen molar-refractivity contribution in [3.05, 3.63) is 82.9 Å². The van der Waals surface area contributed by atoms with Crippen LogP contribution in [0.25, 0.3) is 16.6 Å². The van der Waals surface area contributed by atoms with Gasteiger partial charge in [0.15, 0.2) is 17.3 Å². The standard InChI is InChI=1S/C25H18N2O6S/c1-31-20-5-3-2-4-14(20)10-17(24(28)16-7-9-21-22(12-16)33-13-32-21)23(25(29)30)15-6-8-18-19(11-15)27-34-26-18/h2-9,11-12H,10,13H2,1H3,(H,29,30)/b23-17+. The Labute approximate surface area is 198 Å². The SMILES string of the molecule is COc1ccccc1C/C(C(=O)c1ccc2c(c1)OCO2)=C(\C(=O)O)c1ccc2nsnc2c1. The number of ether oxygens (including phenoxy) is 3. The van der Waals surface area contributed by atoms with E-state index in [-0.39, 0.29) is 24.4 Å². The Morgan fingerprint density at radius 2 is 1.74 bits per heavy atom. The van der Waals surface area contributed by atoms with Gasteiger partial charge in [-0.05, 0) is 47.5 Å². The molecular formula is C25H18N2O6S. The van der Waals surface area contributed by atoms with Crippen LogP contribution in [0.4, 0.5) is 0 Å². The molecule has 5 rings (SSSR count). The predicted octanol–water partition coefficient (Wildman–Crippen LogP) is 4.39. The minimum atomic E-state index is -1.22.